The minimum atomic E-state index is 0.674. The second-order valence-corrected chi connectivity index (χ2v) is 6.06. The monoisotopic (exact) mass is 346 g/mol. The first-order valence-electron chi connectivity index (χ1n) is 6.98. The summed E-state index contributed by atoms with van der Waals surface area (Å²) in [7, 11) is 0. The van der Waals surface area contributed by atoms with E-state index in [9.17, 15) is 5.26 Å². The van der Waals surface area contributed by atoms with Gasteiger partial charge >= 0.3 is 0 Å². The van der Waals surface area contributed by atoms with Crippen molar-refractivity contribution in [3.8, 4) is 11.8 Å². The molecule has 3 aromatic carbocycles. The number of nitriles is 1. The Morgan fingerprint density at radius 3 is 2.41 bits per heavy atom. The molecular weight excluding hydrogens is 336 g/mol. The maximum atomic E-state index is 9.43. The van der Waals surface area contributed by atoms with Crippen LogP contribution in [0.15, 0.2) is 71.2 Å². The first-order valence-corrected chi connectivity index (χ1v) is 7.77. The van der Waals surface area contributed by atoms with E-state index >= 15 is 0 Å². The van der Waals surface area contributed by atoms with E-state index in [1.165, 1.54) is 10.8 Å². The van der Waals surface area contributed by atoms with Crippen LogP contribution in [-0.4, -0.2) is 4.57 Å². The minimum Gasteiger partial charge on any atom is -0.308 e. The molecule has 4 aromatic rings. The van der Waals surface area contributed by atoms with Crippen LogP contribution in [0.5, 0.6) is 0 Å². The number of para-hydroxylation sites is 2. The lowest BCUT2D eigenvalue weighted by molar-refractivity contribution is 1.17. The number of halogens is 1. The van der Waals surface area contributed by atoms with Crippen LogP contribution in [0.25, 0.3) is 27.5 Å². The fourth-order valence-corrected chi connectivity index (χ4v) is 3.33. The van der Waals surface area contributed by atoms with Crippen molar-refractivity contribution in [2.24, 2.45) is 0 Å². The predicted octanol–water partition coefficient (Wildman–Crippen LogP) is 5.42. The zero-order valence-corrected chi connectivity index (χ0v) is 13.2. The average molecular weight is 347 g/mol. The smallest absolute Gasteiger partial charge is 0.101 e. The highest BCUT2D eigenvalue weighted by atomic mass is 79.9. The molecule has 0 aliphatic heterocycles. The van der Waals surface area contributed by atoms with E-state index in [2.05, 4.69) is 50.8 Å². The van der Waals surface area contributed by atoms with Crippen molar-refractivity contribution in [3.05, 3.63) is 76.8 Å². The van der Waals surface area contributed by atoms with Gasteiger partial charge in [-0.25, -0.2) is 0 Å². The van der Waals surface area contributed by atoms with E-state index in [1.807, 2.05) is 42.5 Å². The molecule has 0 unspecified atom stereocenters. The van der Waals surface area contributed by atoms with Crippen molar-refractivity contribution in [2.75, 3.05) is 0 Å². The van der Waals surface area contributed by atoms with Gasteiger partial charge in [0.05, 0.1) is 22.3 Å². The highest BCUT2D eigenvalue weighted by Crippen LogP contribution is 2.34. The van der Waals surface area contributed by atoms with Gasteiger partial charge < -0.3 is 4.57 Å². The molecule has 1 heterocycles. The van der Waals surface area contributed by atoms with Crippen molar-refractivity contribution in [1.29, 1.82) is 5.26 Å². The standard InChI is InChI=1S/C19H11BrN2/c20-14-9-10-19-16(11-14)15-6-2-4-8-18(15)22(19)17-7-3-1-5-13(17)12-21/h1-11H. The fraction of sp³-hybridized carbons (Fsp3) is 0. The van der Waals surface area contributed by atoms with Crippen LogP contribution < -0.4 is 0 Å². The summed E-state index contributed by atoms with van der Waals surface area (Å²) in [5.41, 5.74) is 3.80. The third-order valence-corrected chi connectivity index (χ3v) is 4.39. The molecule has 2 nitrogen and oxygen atoms in total. The highest BCUT2D eigenvalue weighted by Gasteiger charge is 2.14. The zero-order valence-electron chi connectivity index (χ0n) is 11.6. The first kappa shape index (κ1) is 13.1. The van der Waals surface area contributed by atoms with Crippen LogP contribution >= 0.6 is 15.9 Å². The summed E-state index contributed by atoms with van der Waals surface area (Å²) in [6.45, 7) is 0. The molecule has 3 heteroatoms. The highest BCUT2D eigenvalue weighted by molar-refractivity contribution is 9.10. The van der Waals surface area contributed by atoms with Crippen LogP contribution in [0.4, 0.5) is 0 Å². The number of fused-ring (bicyclic) bond motifs is 3. The number of hydrogen-bond donors (Lipinski definition) is 0. The Kier molecular flexibility index (Phi) is 2.99. The Labute approximate surface area is 136 Å². The first-order chi connectivity index (χ1) is 10.8. The van der Waals surface area contributed by atoms with E-state index in [0.717, 1.165) is 21.2 Å². The van der Waals surface area contributed by atoms with E-state index in [-0.39, 0.29) is 0 Å². The Balaban J connectivity index is 2.23. The molecule has 1 aromatic heterocycles. The van der Waals surface area contributed by atoms with Crippen LogP contribution in [0.3, 0.4) is 0 Å². The summed E-state index contributed by atoms with van der Waals surface area (Å²) < 4.78 is 3.21. The number of rotatable bonds is 1. The average Bonchev–Trinajstić information content (AvgIpc) is 2.88. The van der Waals surface area contributed by atoms with Crippen molar-refractivity contribution in [3.63, 3.8) is 0 Å². The van der Waals surface area contributed by atoms with E-state index in [1.54, 1.807) is 0 Å². The fourth-order valence-electron chi connectivity index (χ4n) is 2.97. The van der Waals surface area contributed by atoms with Gasteiger partial charge in [-0.05, 0) is 36.4 Å². The number of benzene rings is 3. The summed E-state index contributed by atoms with van der Waals surface area (Å²) in [5.74, 6) is 0. The lowest BCUT2D eigenvalue weighted by atomic mass is 10.2. The van der Waals surface area contributed by atoms with Gasteiger partial charge in [0.25, 0.3) is 0 Å². The maximum absolute atomic E-state index is 9.43. The Morgan fingerprint density at radius 1 is 0.818 bits per heavy atom. The molecule has 104 valence electrons. The molecule has 0 radical (unpaired) electrons. The van der Waals surface area contributed by atoms with Gasteiger partial charge in [0.15, 0.2) is 0 Å². The van der Waals surface area contributed by atoms with Crippen LogP contribution in [0.2, 0.25) is 0 Å². The van der Waals surface area contributed by atoms with E-state index in [0.29, 0.717) is 5.56 Å². The van der Waals surface area contributed by atoms with Crippen LogP contribution in [-0.2, 0) is 0 Å². The van der Waals surface area contributed by atoms with Crippen molar-refractivity contribution < 1.29 is 0 Å². The zero-order chi connectivity index (χ0) is 15.1. The molecule has 0 fully saturated rings. The summed E-state index contributed by atoms with van der Waals surface area (Å²) in [4.78, 5) is 0. The van der Waals surface area contributed by atoms with Gasteiger partial charge in [0.1, 0.15) is 6.07 Å². The quantitative estimate of drug-likeness (QED) is 0.452. The molecule has 0 bridgehead atoms. The lowest BCUT2D eigenvalue weighted by Gasteiger charge is -2.09. The summed E-state index contributed by atoms with van der Waals surface area (Å²) in [6, 6.07) is 24.5. The summed E-state index contributed by atoms with van der Waals surface area (Å²) in [6.07, 6.45) is 0. The third kappa shape index (κ3) is 1.85. The molecule has 0 aliphatic rings. The molecule has 22 heavy (non-hydrogen) atoms. The van der Waals surface area contributed by atoms with Crippen molar-refractivity contribution >= 4 is 37.7 Å². The maximum Gasteiger partial charge on any atom is 0.101 e. The predicted molar refractivity (Wildman–Crippen MR) is 93.2 cm³/mol. The van der Waals surface area contributed by atoms with Crippen molar-refractivity contribution in [1.82, 2.24) is 4.57 Å². The molecular formula is C19H11BrN2. The minimum absolute atomic E-state index is 0.674. The van der Waals surface area contributed by atoms with Gasteiger partial charge in [0.2, 0.25) is 0 Å². The topological polar surface area (TPSA) is 28.7 Å². The number of hydrogen-bond acceptors (Lipinski definition) is 1. The molecule has 4 rings (SSSR count). The van der Waals surface area contributed by atoms with Gasteiger partial charge in [-0.1, -0.05) is 46.3 Å². The Bertz CT molecular complexity index is 1050. The van der Waals surface area contributed by atoms with Crippen LogP contribution in [0.1, 0.15) is 5.56 Å². The second-order valence-electron chi connectivity index (χ2n) is 5.14. The SMILES string of the molecule is N#Cc1ccccc1-n1c2ccccc2c2cc(Br)ccc21. The molecule has 0 aliphatic carbocycles. The summed E-state index contributed by atoms with van der Waals surface area (Å²) in [5, 5.41) is 11.8. The third-order valence-electron chi connectivity index (χ3n) is 3.90. The Hall–Kier alpha value is -2.57. The second kappa shape index (κ2) is 5.01. The van der Waals surface area contributed by atoms with Gasteiger partial charge in [-0.2, -0.15) is 5.26 Å². The number of aromatic nitrogens is 1. The van der Waals surface area contributed by atoms with Crippen molar-refractivity contribution in [2.45, 2.75) is 0 Å². The molecule has 0 saturated heterocycles. The van der Waals surface area contributed by atoms with E-state index in [4.69, 9.17) is 0 Å². The summed E-state index contributed by atoms with van der Waals surface area (Å²) >= 11 is 3.55. The van der Waals surface area contributed by atoms with E-state index < -0.39 is 0 Å². The lowest BCUT2D eigenvalue weighted by Crippen LogP contribution is -1.96. The molecule has 0 atom stereocenters. The normalized spacial score (nSPS) is 10.9. The molecule has 0 saturated carbocycles. The molecule has 0 spiro atoms. The van der Waals surface area contributed by atoms with Gasteiger partial charge in [0, 0.05) is 15.2 Å². The molecule has 0 N–H and O–H groups in total. The number of nitrogens with zero attached hydrogens (tertiary/aromatic N) is 2. The van der Waals surface area contributed by atoms with Gasteiger partial charge in [-0.15, -0.1) is 0 Å². The largest absolute Gasteiger partial charge is 0.308 e. The Morgan fingerprint density at radius 2 is 1.55 bits per heavy atom. The molecule has 0 amide bonds. The van der Waals surface area contributed by atoms with Gasteiger partial charge in [-0.3, -0.25) is 0 Å². The van der Waals surface area contributed by atoms with Crippen LogP contribution in [0, 0.1) is 11.3 Å².